The summed E-state index contributed by atoms with van der Waals surface area (Å²) in [5.41, 5.74) is 8.03. The molecule has 1 aliphatic heterocycles. The van der Waals surface area contributed by atoms with Gasteiger partial charge >= 0.3 is 0 Å². The van der Waals surface area contributed by atoms with Gasteiger partial charge in [0.1, 0.15) is 6.29 Å². The average molecular weight is 140 g/mol. The van der Waals surface area contributed by atoms with Crippen molar-refractivity contribution < 1.29 is 4.79 Å². The van der Waals surface area contributed by atoms with Gasteiger partial charge in [-0.25, -0.2) is 0 Å². The molecule has 0 aromatic heterocycles. The maximum Gasteiger partial charge on any atom is 0.136 e. The molecule has 1 N–H and O–H groups in total. The Balaban J connectivity index is 2.42. The standard InChI is InChI=1S/C5H8N4O/c6-9-8-4-1-5(3-10)7-2-4/h3-5,7H,1-2H2/t4-,5-/m0/s1. The first-order valence-electron chi connectivity index (χ1n) is 3.09. The summed E-state index contributed by atoms with van der Waals surface area (Å²) in [7, 11) is 0. The van der Waals surface area contributed by atoms with Crippen LogP contribution in [0.3, 0.4) is 0 Å². The van der Waals surface area contributed by atoms with E-state index in [0.29, 0.717) is 13.0 Å². The molecule has 0 aromatic rings. The van der Waals surface area contributed by atoms with E-state index in [0.717, 1.165) is 6.29 Å². The largest absolute Gasteiger partial charge is 0.307 e. The van der Waals surface area contributed by atoms with Crippen LogP contribution in [0, 0.1) is 0 Å². The first-order valence-corrected chi connectivity index (χ1v) is 3.09. The lowest BCUT2D eigenvalue weighted by molar-refractivity contribution is -0.109. The van der Waals surface area contributed by atoms with Crippen LogP contribution in [0.2, 0.25) is 0 Å². The Morgan fingerprint density at radius 3 is 3.10 bits per heavy atom. The Kier molecular flexibility index (Phi) is 2.25. The van der Waals surface area contributed by atoms with Gasteiger partial charge in [0.15, 0.2) is 0 Å². The van der Waals surface area contributed by atoms with E-state index in [1.807, 2.05) is 0 Å². The van der Waals surface area contributed by atoms with Crippen molar-refractivity contribution in [3.05, 3.63) is 10.4 Å². The van der Waals surface area contributed by atoms with Gasteiger partial charge in [0.05, 0.1) is 12.1 Å². The van der Waals surface area contributed by atoms with Crippen molar-refractivity contribution in [2.75, 3.05) is 6.54 Å². The topological polar surface area (TPSA) is 77.9 Å². The first-order chi connectivity index (χ1) is 4.86. The van der Waals surface area contributed by atoms with Crippen LogP contribution in [0.1, 0.15) is 6.42 Å². The molecular weight excluding hydrogens is 132 g/mol. The minimum absolute atomic E-state index is 0.0415. The van der Waals surface area contributed by atoms with E-state index in [9.17, 15) is 4.79 Å². The number of hydrogen-bond donors (Lipinski definition) is 1. The summed E-state index contributed by atoms with van der Waals surface area (Å²) >= 11 is 0. The highest BCUT2D eigenvalue weighted by Gasteiger charge is 2.21. The summed E-state index contributed by atoms with van der Waals surface area (Å²) in [6, 6.07) is -0.157. The molecule has 0 bridgehead atoms. The fraction of sp³-hybridized carbons (Fsp3) is 0.800. The van der Waals surface area contributed by atoms with Crippen LogP contribution < -0.4 is 5.32 Å². The van der Waals surface area contributed by atoms with Crippen LogP contribution in [-0.2, 0) is 4.79 Å². The van der Waals surface area contributed by atoms with Crippen LogP contribution in [0.4, 0.5) is 0 Å². The molecule has 5 heteroatoms. The number of carbonyl (C=O) groups is 1. The van der Waals surface area contributed by atoms with Crippen molar-refractivity contribution in [2.45, 2.75) is 18.5 Å². The zero-order valence-corrected chi connectivity index (χ0v) is 5.40. The molecule has 5 nitrogen and oxygen atoms in total. The fourth-order valence-electron chi connectivity index (χ4n) is 1.01. The molecule has 0 aliphatic carbocycles. The molecule has 2 atom stereocenters. The third-order valence-electron chi connectivity index (χ3n) is 1.52. The summed E-state index contributed by atoms with van der Waals surface area (Å²) in [5, 5.41) is 6.39. The van der Waals surface area contributed by atoms with Crippen LogP contribution in [0.5, 0.6) is 0 Å². The van der Waals surface area contributed by atoms with Gasteiger partial charge in [0, 0.05) is 11.5 Å². The number of nitrogens with one attached hydrogen (secondary N) is 1. The summed E-state index contributed by atoms with van der Waals surface area (Å²) in [5.74, 6) is 0. The highest BCUT2D eigenvalue weighted by Crippen LogP contribution is 2.07. The molecule has 10 heavy (non-hydrogen) atoms. The lowest BCUT2D eigenvalue weighted by Gasteiger charge is -1.95. The zero-order valence-electron chi connectivity index (χ0n) is 5.40. The molecule has 0 aromatic carbocycles. The van der Waals surface area contributed by atoms with Gasteiger partial charge in [0.25, 0.3) is 0 Å². The van der Waals surface area contributed by atoms with E-state index in [4.69, 9.17) is 5.53 Å². The molecule has 0 spiro atoms. The normalized spacial score (nSPS) is 31.2. The van der Waals surface area contributed by atoms with E-state index >= 15 is 0 Å². The maximum absolute atomic E-state index is 10.2. The van der Waals surface area contributed by atoms with Crippen molar-refractivity contribution in [3.63, 3.8) is 0 Å². The molecule has 54 valence electrons. The minimum atomic E-state index is -0.115. The van der Waals surface area contributed by atoms with Crippen molar-refractivity contribution >= 4 is 6.29 Å². The highest BCUT2D eigenvalue weighted by molar-refractivity contribution is 5.58. The monoisotopic (exact) mass is 140 g/mol. The molecule has 1 aliphatic rings. The Labute approximate surface area is 58.0 Å². The van der Waals surface area contributed by atoms with Gasteiger partial charge in [-0.1, -0.05) is 5.11 Å². The van der Waals surface area contributed by atoms with Gasteiger partial charge in [-0.2, -0.15) is 0 Å². The highest BCUT2D eigenvalue weighted by atomic mass is 16.1. The number of hydrogen-bond acceptors (Lipinski definition) is 3. The molecule has 0 saturated carbocycles. The quantitative estimate of drug-likeness (QED) is 0.258. The second-order valence-corrected chi connectivity index (χ2v) is 2.25. The smallest absolute Gasteiger partial charge is 0.136 e. The molecule has 0 radical (unpaired) electrons. The summed E-state index contributed by atoms with van der Waals surface area (Å²) < 4.78 is 0. The van der Waals surface area contributed by atoms with Gasteiger partial charge < -0.3 is 10.1 Å². The third kappa shape index (κ3) is 1.46. The third-order valence-corrected chi connectivity index (χ3v) is 1.52. The van der Waals surface area contributed by atoms with E-state index in [2.05, 4.69) is 15.3 Å². The van der Waals surface area contributed by atoms with Crippen LogP contribution in [0.15, 0.2) is 5.11 Å². The van der Waals surface area contributed by atoms with Gasteiger partial charge in [-0.05, 0) is 12.0 Å². The Bertz CT molecular complexity index is 174. The van der Waals surface area contributed by atoms with E-state index in [-0.39, 0.29) is 12.1 Å². The number of carbonyl (C=O) groups excluding carboxylic acids is 1. The number of azide groups is 1. The van der Waals surface area contributed by atoms with E-state index in [1.54, 1.807) is 0 Å². The maximum atomic E-state index is 10.2. The van der Waals surface area contributed by atoms with Crippen LogP contribution >= 0.6 is 0 Å². The van der Waals surface area contributed by atoms with E-state index < -0.39 is 0 Å². The SMILES string of the molecule is [N-]=[N+]=N[C@@H]1CN[C@H](C=O)C1. The number of aldehydes is 1. The first kappa shape index (κ1) is 7.05. The zero-order chi connectivity index (χ0) is 7.40. The average Bonchev–Trinajstić information content (AvgIpc) is 2.37. The lowest BCUT2D eigenvalue weighted by atomic mass is 10.2. The summed E-state index contributed by atoms with van der Waals surface area (Å²) in [6.07, 6.45) is 1.47. The second-order valence-electron chi connectivity index (χ2n) is 2.25. The molecule has 0 amide bonds. The predicted octanol–water partition coefficient (Wildman–Crippen LogP) is 0.226. The van der Waals surface area contributed by atoms with Crippen molar-refractivity contribution in [3.8, 4) is 0 Å². The van der Waals surface area contributed by atoms with Crippen molar-refractivity contribution in [1.82, 2.24) is 5.32 Å². The van der Waals surface area contributed by atoms with E-state index in [1.165, 1.54) is 0 Å². The lowest BCUT2D eigenvalue weighted by Crippen LogP contribution is -2.22. The molecule has 0 unspecified atom stereocenters. The number of nitrogens with zero attached hydrogens (tertiary/aromatic N) is 3. The Morgan fingerprint density at radius 1 is 1.80 bits per heavy atom. The number of rotatable bonds is 2. The second kappa shape index (κ2) is 3.20. The molecule has 1 saturated heterocycles. The Hall–Kier alpha value is -1.06. The molecular formula is C5H8N4O. The summed E-state index contributed by atoms with van der Waals surface area (Å²) in [4.78, 5) is 12.8. The molecule has 1 heterocycles. The van der Waals surface area contributed by atoms with Gasteiger partial charge in [0.2, 0.25) is 0 Å². The Morgan fingerprint density at radius 2 is 2.60 bits per heavy atom. The van der Waals surface area contributed by atoms with Gasteiger partial charge in [-0.3, -0.25) is 0 Å². The summed E-state index contributed by atoms with van der Waals surface area (Å²) in [6.45, 7) is 0.619. The molecule has 1 fully saturated rings. The fourth-order valence-corrected chi connectivity index (χ4v) is 1.01. The van der Waals surface area contributed by atoms with Crippen molar-refractivity contribution in [1.29, 1.82) is 0 Å². The van der Waals surface area contributed by atoms with Crippen LogP contribution in [-0.4, -0.2) is 24.9 Å². The minimum Gasteiger partial charge on any atom is -0.307 e. The van der Waals surface area contributed by atoms with Crippen molar-refractivity contribution in [2.24, 2.45) is 5.11 Å². The predicted molar refractivity (Wildman–Crippen MR) is 35.4 cm³/mol. The van der Waals surface area contributed by atoms with Crippen LogP contribution in [0.25, 0.3) is 10.4 Å². The van der Waals surface area contributed by atoms with Gasteiger partial charge in [-0.15, -0.1) is 0 Å². The molecule has 1 rings (SSSR count).